The van der Waals surface area contributed by atoms with E-state index < -0.39 is 11.4 Å². The van der Waals surface area contributed by atoms with Crippen LogP contribution in [0.3, 0.4) is 0 Å². The number of nitrogens with zero attached hydrogens (tertiary/aromatic N) is 4. The van der Waals surface area contributed by atoms with Crippen LogP contribution >= 0.6 is 11.3 Å². The lowest BCUT2D eigenvalue weighted by Gasteiger charge is -2.08. The number of carbonyl (C=O) groups excluding carboxylic acids is 1. The Labute approximate surface area is 197 Å². The molecule has 34 heavy (non-hydrogen) atoms. The van der Waals surface area contributed by atoms with Gasteiger partial charge in [0.2, 0.25) is 5.88 Å². The Balaban J connectivity index is 1.40. The maximum atomic E-state index is 14.8. The minimum Gasteiger partial charge on any atom is -0.434 e. The lowest BCUT2D eigenvalue weighted by atomic mass is 10.0. The van der Waals surface area contributed by atoms with Gasteiger partial charge in [0, 0.05) is 19.2 Å². The second-order valence-electron chi connectivity index (χ2n) is 7.72. The highest BCUT2D eigenvalue weighted by molar-refractivity contribution is 7.17. The Hall–Kier alpha value is -4.11. The molecular weight excluding hydrogens is 455 g/mol. The zero-order chi connectivity index (χ0) is 23.8. The Morgan fingerprint density at radius 1 is 1.12 bits per heavy atom. The molecule has 9 heteroatoms. The number of rotatable bonds is 6. The van der Waals surface area contributed by atoms with Crippen molar-refractivity contribution in [3.8, 4) is 17.3 Å². The minimum absolute atomic E-state index is 0.00748. The summed E-state index contributed by atoms with van der Waals surface area (Å²) in [7, 11) is 1.73. The van der Waals surface area contributed by atoms with Crippen molar-refractivity contribution >= 4 is 27.3 Å². The van der Waals surface area contributed by atoms with E-state index in [2.05, 4.69) is 9.97 Å². The quantitative estimate of drug-likeness (QED) is 0.329. The summed E-state index contributed by atoms with van der Waals surface area (Å²) in [6.45, 7) is 1.72. The molecule has 0 aliphatic carbocycles. The fourth-order valence-corrected chi connectivity index (χ4v) is 4.61. The highest BCUT2D eigenvalue weighted by Crippen LogP contribution is 2.32. The molecule has 0 saturated carbocycles. The normalized spacial score (nSPS) is 11.1. The van der Waals surface area contributed by atoms with Crippen molar-refractivity contribution in [2.75, 3.05) is 0 Å². The second-order valence-corrected chi connectivity index (χ2v) is 8.63. The van der Waals surface area contributed by atoms with E-state index in [1.807, 2.05) is 29.6 Å². The molecule has 7 nitrogen and oxygen atoms in total. The SMILES string of the molecule is Cc1c(C(=O)Cc2ccc(Oc3ncnc4ccsc34)c(F)c2)c(=O)n(-c2ccccc2)n1C. The predicted molar refractivity (Wildman–Crippen MR) is 128 cm³/mol. The van der Waals surface area contributed by atoms with E-state index in [4.69, 9.17) is 4.74 Å². The van der Waals surface area contributed by atoms with Gasteiger partial charge < -0.3 is 4.74 Å². The molecule has 0 bridgehead atoms. The standard InChI is InChI=1S/C25H19FN4O3S/c1-15-22(25(32)30(29(15)2)17-6-4-3-5-7-17)20(31)13-16-8-9-21(18(26)12-16)33-24-23-19(10-11-34-23)27-14-28-24/h3-12,14H,13H2,1-2H3. The van der Waals surface area contributed by atoms with Crippen molar-refractivity contribution in [3.63, 3.8) is 0 Å². The first-order valence-electron chi connectivity index (χ1n) is 10.5. The van der Waals surface area contributed by atoms with Crippen molar-refractivity contribution < 1.29 is 13.9 Å². The van der Waals surface area contributed by atoms with Gasteiger partial charge in [0.05, 0.1) is 11.2 Å². The lowest BCUT2D eigenvalue weighted by molar-refractivity contribution is 0.0991. The molecule has 2 aromatic carbocycles. The van der Waals surface area contributed by atoms with Crippen molar-refractivity contribution in [1.29, 1.82) is 0 Å². The molecule has 0 saturated heterocycles. The summed E-state index contributed by atoms with van der Waals surface area (Å²) in [6, 6.07) is 15.2. The Morgan fingerprint density at radius 2 is 1.91 bits per heavy atom. The number of fused-ring (bicyclic) bond motifs is 1. The number of carbonyl (C=O) groups is 1. The molecule has 0 spiro atoms. The summed E-state index contributed by atoms with van der Waals surface area (Å²) in [5, 5.41) is 1.86. The van der Waals surface area contributed by atoms with Crippen molar-refractivity contribution in [3.05, 3.63) is 99.3 Å². The van der Waals surface area contributed by atoms with Gasteiger partial charge in [-0.1, -0.05) is 24.3 Å². The molecule has 0 radical (unpaired) electrons. The molecule has 0 N–H and O–H groups in total. The van der Waals surface area contributed by atoms with Crippen molar-refractivity contribution in [2.24, 2.45) is 7.05 Å². The smallest absolute Gasteiger partial charge is 0.282 e. The van der Waals surface area contributed by atoms with E-state index in [0.29, 0.717) is 16.9 Å². The number of ether oxygens (including phenoxy) is 1. The summed E-state index contributed by atoms with van der Waals surface area (Å²) >= 11 is 1.40. The lowest BCUT2D eigenvalue weighted by Crippen LogP contribution is -2.23. The molecule has 0 aliphatic heterocycles. The van der Waals surface area contributed by atoms with Crippen LogP contribution in [-0.4, -0.2) is 25.1 Å². The molecule has 0 fully saturated rings. The van der Waals surface area contributed by atoms with Crippen molar-refractivity contribution in [1.82, 2.24) is 19.3 Å². The summed E-state index contributed by atoms with van der Waals surface area (Å²) in [5.74, 6) is -0.743. The third-order valence-corrected chi connectivity index (χ3v) is 6.50. The number of aromatic nitrogens is 4. The molecule has 0 amide bonds. The summed E-state index contributed by atoms with van der Waals surface area (Å²) in [6.07, 6.45) is 1.24. The average molecular weight is 475 g/mol. The van der Waals surface area contributed by atoms with Gasteiger partial charge in [-0.2, -0.15) is 0 Å². The number of thiophene rings is 1. The minimum atomic E-state index is -0.625. The fourth-order valence-electron chi connectivity index (χ4n) is 3.84. The molecule has 5 rings (SSSR count). The van der Waals surface area contributed by atoms with Crippen LogP contribution in [0, 0.1) is 12.7 Å². The van der Waals surface area contributed by atoms with Gasteiger partial charge in [-0.25, -0.2) is 19.0 Å². The fraction of sp³-hybridized carbons (Fsp3) is 0.120. The largest absolute Gasteiger partial charge is 0.434 e. The maximum Gasteiger partial charge on any atom is 0.282 e. The van der Waals surface area contributed by atoms with Gasteiger partial charge in [0.25, 0.3) is 5.56 Å². The Bertz CT molecular complexity index is 1590. The van der Waals surface area contributed by atoms with Gasteiger partial charge in [0.1, 0.15) is 16.6 Å². The molecule has 3 aromatic heterocycles. The summed E-state index contributed by atoms with van der Waals surface area (Å²) < 4.78 is 24.3. The number of hydrogen-bond acceptors (Lipinski definition) is 6. The first-order chi connectivity index (χ1) is 16.4. The van der Waals surface area contributed by atoms with Crippen LogP contribution in [0.4, 0.5) is 4.39 Å². The van der Waals surface area contributed by atoms with E-state index in [-0.39, 0.29) is 29.4 Å². The topological polar surface area (TPSA) is 79.0 Å². The second kappa shape index (κ2) is 8.68. The molecule has 0 unspecified atom stereocenters. The van der Waals surface area contributed by atoms with Gasteiger partial charge in [-0.05, 0) is 48.2 Å². The van der Waals surface area contributed by atoms with Crippen LogP contribution in [0.5, 0.6) is 11.6 Å². The average Bonchev–Trinajstić information content (AvgIpc) is 3.39. The van der Waals surface area contributed by atoms with Crippen LogP contribution in [0.2, 0.25) is 0 Å². The van der Waals surface area contributed by atoms with E-state index in [0.717, 1.165) is 10.2 Å². The molecular formula is C25H19FN4O3S. The zero-order valence-corrected chi connectivity index (χ0v) is 19.2. The molecule has 0 atom stereocenters. The van der Waals surface area contributed by atoms with Crippen LogP contribution < -0.4 is 10.3 Å². The number of hydrogen-bond donors (Lipinski definition) is 0. The maximum absolute atomic E-state index is 14.8. The Kier molecular flexibility index (Phi) is 5.54. The van der Waals surface area contributed by atoms with Gasteiger partial charge >= 0.3 is 0 Å². The predicted octanol–water partition coefficient (Wildman–Crippen LogP) is 4.85. The summed E-state index contributed by atoms with van der Waals surface area (Å²) in [5.41, 5.74) is 2.05. The first-order valence-corrected chi connectivity index (χ1v) is 11.3. The van der Waals surface area contributed by atoms with Crippen LogP contribution in [0.1, 0.15) is 21.6 Å². The van der Waals surface area contributed by atoms with Gasteiger partial charge in [-0.3, -0.25) is 14.3 Å². The van der Waals surface area contributed by atoms with E-state index in [1.165, 1.54) is 34.5 Å². The third kappa shape index (κ3) is 3.80. The van der Waals surface area contributed by atoms with E-state index >= 15 is 0 Å². The van der Waals surface area contributed by atoms with E-state index in [1.54, 1.807) is 36.9 Å². The van der Waals surface area contributed by atoms with Crippen molar-refractivity contribution in [2.45, 2.75) is 13.3 Å². The molecule has 3 heterocycles. The molecule has 5 aromatic rings. The zero-order valence-electron chi connectivity index (χ0n) is 18.4. The number of Topliss-reactive ketones (excluding diaryl/α,β-unsaturated/α-hetero) is 1. The monoisotopic (exact) mass is 474 g/mol. The van der Waals surface area contributed by atoms with Crippen LogP contribution in [-0.2, 0) is 13.5 Å². The highest BCUT2D eigenvalue weighted by atomic mass is 32.1. The number of benzene rings is 2. The summed E-state index contributed by atoms with van der Waals surface area (Å²) in [4.78, 5) is 34.4. The third-order valence-electron chi connectivity index (χ3n) is 5.61. The van der Waals surface area contributed by atoms with E-state index in [9.17, 15) is 14.0 Å². The van der Waals surface area contributed by atoms with Gasteiger partial charge in [-0.15, -0.1) is 11.3 Å². The molecule has 0 aliphatic rings. The molecule has 170 valence electrons. The number of ketones is 1. The van der Waals surface area contributed by atoms with Crippen LogP contribution in [0.25, 0.3) is 15.9 Å². The first kappa shape index (κ1) is 21.7. The highest BCUT2D eigenvalue weighted by Gasteiger charge is 2.22. The van der Waals surface area contributed by atoms with Gasteiger partial charge in [0.15, 0.2) is 17.3 Å². The van der Waals surface area contributed by atoms with Crippen LogP contribution in [0.15, 0.2) is 71.1 Å². The Morgan fingerprint density at radius 3 is 2.68 bits per heavy atom. The number of halogens is 1. The number of para-hydroxylation sites is 1.